The van der Waals surface area contributed by atoms with Crippen LogP contribution in [0.25, 0.3) is 11.1 Å². The van der Waals surface area contributed by atoms with Crippen LogP contribution in [0.15, 0.2) is 36.5 Å². The smallest absolute Gasteiger partial charge is 0.417 e. The highest BCUT2D eigenvalue weighted by Gasteiger charge is 2.59. The molecule has 1 aromatic heterocycles. The van der Waals surface area contributed by atoms with E-state index in [2.05, 4.69) is 4.98 Å². The van der Waals surface area contributed by atoms with E-state index in [-0.39, 0.29) is 29.3 Å². The molecule has 0 amide bonds. The second-order valence-corrected chi connectivity index (χ2v) is 8.54. The predicted octanol–water partition coefficient (Wildman–Crippen LogP) is 5.44. The first-order valence-corrected chi connectivity index (χ1v) is 10.4. The molecule has 35 heavy (non-hydrogen) atoms. The second-order valence-electron chi connectivity index (χ2n) is 8.54. The normalized spacial score (nSPS) is 20.3. The van der Waals surface area contributed by atoms with E-state index in [0.29, 0.717) is 18.6 Å². The number of aromatic hydroxyl groups is 1. The Balaban J connectivity index is 1.43. The van der Waals surface area contributed by atoms with E-state index in [0.717, 1.165) is 17.2 Å². The van der Waals surface area contributed by atoms with Crippen molar-refractivity contribution < 1.29 is 46.1 Å². The SMILES string of the molecule is O=C(O)C1C2Cc3cc(OCc4cc(-c5cc(F)c(O)c(F)c5)c(C(F)(F)F)cc4F)ncc3C21. The maximum Gasteiger partial charge on any atom is 0.417 e. The summed E-state index contributed by atoms with van der Waals surface area (Å²) in [6.07, 6.45) is -3.03. The van der Waals surface area contributed by atoms with Crippen LogP contribution in [-0.2, 0) is 24.0 Å². The highest BCUT2D eigenvalue weighted by molar-refractivity contribution is 5.77. The van der Waals surface area contributed by atoms with Gasteiger partial charge >= 0.3 is 12.1 Å². The topological polar surface area (TPSA) is 79.7 Å². The van der Waals surface area contributed by atoms with Crippen LogP contribution in [0.5, 0.6) is 11.6 Å². The van der Waals surface area contributed by atoms with E-state index in [1.807, 2.05) is 0 Å². The summed E-state index contributed by atoms with van der Waals surface area (Å²) in [7, 11) is 0. The van der Waals surface area contributed by atoms with Crippen molar-refractivity contribution in [3.63, 3.8) is 0 Å². The minimum atomic E-state index is -5.03. The van der Waals surface area contributed by atoms with Crippen molar-refractivity contribution in [2.24, 2.45) is 11.8 Å². The number of aliphatic carboxylic acids is 1. The monoisotopic (exact) mass is 495 g/mol. The van der Waals surface area contributed by atoms with E-state index in [4.69, 9.17) is 4.74 Å². The lowest BCUT2D eigenvalue weighted by molar-refractivity contribution is -0.139. The average Bonchev–Trinajstić information content (AvgIpc) is 3.38. The van der Waals surface area contributed by atoms with E-state index in [1.165, 1.54) is 6.20 Å². The van der Waals surface area contributed by atoms with Gasteiger partial charge in [0.2, 0.25) is 5.88 Å². The summed E-state index contributed by atoms with van der Waals surface area (Å²) in [5.41, 5.74) is -1.38. The second kappa shape index (κ2) is 7.89. The van der Waals surface area contributed by atoms with Crippen molar-refractivity contribution in [2.45, 2.75) is 25.1 Å². The molecular weight excluding hydrogens is 480 g/mol. The van der Waals surface area contributed by atoms with Crippen LogP contribution in [0.4, 0.5) is 26.3 Å². The average molecular weight is 495 g/mol. The molecule has 11 heteroatoms. The number of carbonyl (C=O) groups is 1. The molecule has 0 spiro atoms. The third kappa shape index (κ3) is 3.94. The van der Waals surface area contributed by atoms with Crippen LogP contribution in [0.3, 0.4) is 0 Å². The lowest BCUT2D eigenvalue weighted by Crippen LogP contribution is -2.11. The van der Waals surface area contributed by atoms with Crippen molar-refractivity contribution in [3.05, 3.63) is 76.2 Å². The highest BCUT2D eigenvalue weighted by atomic mass is 19.4. The van der Waals surface area contributed by atoms with Gasteiger partial charge in [0.1, 0.15) is 12.4 Å². The predicted molar refractivity (Wildman–Crippen MR) is 108 cm³/mol. The van der Waals surface area contributed by atoms with Crippen LogP contribution >= 0.6 is 0 Å². The van der Waals surface area contributed by atoms with Gasteiger partial charge in [-0.2, -0.15) is 13.2 Å². The summed E-state index contributed by atoms with van der Waals surface area (Å²) < 4.78 is 88.2. The van der Waals surface area contributed by atoms with Gasteiger partial charge in [-0.25, -0.2) is 18.2 Å². The number of nitrogens with zero attached hydrogens (tertiary/aromatic N) is 1. The molecule has 1 fully saturated rings. The molecule has 2 aromatic carbocycles. The minimum absolute atomic E-state index is 0.0134. The van der Waals surface area contributed by atoms with E-state index < -0.39 is 64.6 Å². The number of aromatic nitrogens is 1. The Kier molecular flexibility index (Phi) is 5.19. The number of hydrogen-bond acceptors (Lipinski definition) is 4. The van der Waals surface area contributed by atoms with E-state index in [1.54, 1.807) is 6.07 Å². The maximum absolute atomic E-state index is 14.6. The van der Waals surface area contributed by atoms with Gasteiger partial charge in [-0.3, -0.25) is 4.79 Å². The van der Waals surface area contributed by atoms with Crippen molar-refractivity contribution in [3.8, 4) is 22.8 Å². The number of pyridine rings is 1. The highest BCUT2D eigenvalue weighted by Crippen LogP contribution is 2.61. The van der Waals surface area contributed by atoms with E-state index in [9.17, 15) is 41.4 Å². The van der Waals surface area contributed by atoms with Crippen LogP contribution in [0.1, 0.15) is 28.2 Å². The Labute approximate surface area is 193 Å². The van der Waals surface area contributed by atoms with Crippen LogP contribution in [0.2, 0.25) is 0 Å². The number of rotatable bonds is 5. The standard InChI is InChI=1S/C24H15F6NO4/c25-16-6-15(24(28,29)30)12(10-3-17(26)22(32)18(27)4-10)2-11(16)8-35-19-5-9-1-13-20(14(9)7-31-19)21(13)23(33)34/h2-7,13,20-21,32H,1,8H2,(H,33,34). The quantitative estimate of drug-likeness (QED) is 0.461. The number of phenolic OH excluding ortho intramolecular Hbond substituents is 1. The number of benzene rings is 2. The molecule has 3 atom stereocenters. The van der Waals surface area contributed by atoms with Gasteiger partial charge < -0.3 is 14.9 Å². The largest absolute Gasteiger partial charge is 0.503 e. The Hall–Kier alpha value is -3.76. The van der Waals surface area contributed by atoms with Crippen LogP contribution in [-0.4, -0.2) is 21.2 Å². The summed E-state index contributed by atoms with van der Waals surface area (Å²) in [5.74, 6) is -6.89. The molecule has 0 aliphatic heterocycles. The van der Waals surface area contributed by atoms with E-state index >= 15 is 0 Å². The number of carboxylic acid groups (broad SMARTS) is 1. The van der Waals surface area contributed by atoms with Gasteiger partial charge in [0.05, 0.1) is 11.5 Å². The lowest BCUT2D eigenvalue weighted by atomic mass is 9.96. The summed E-state index contributed by atoms with van der Waals surface area (Å²) in [6.45, 7) is -0.531. The molecule has 3 unspecified atom stereocenters. The summed E-state index contributed by atoms with van der Waals surface area (Å²) in [6, 6.07) is 3.61. The van der Waals surface area contributed by atoms with Gasteiger partial charge in [0.15, 0.2) is 17.4 Å². The molecule has 0 radical (unpaired) electrons. The van der Waals surface area contributed by atoms with Gasteiger partial charge in [0.25, 0.3) is 0 Å². The lowest BCUT2D eigenvalue weighted by Gasteiger charge is -2.17. The first-order chi connectivity index (χ1) is 16.5. The molecule has 0 bridgehead atoms. The van der Waals surface area contributed by atoms with Crippen LogP contribution < -0.4 is 4.74 Å². The Morgan fingerprint density at radius 1 is 1.06 bits per heavy atom. The van der Waals surface area contributed by atoms with Crippen molar-refractivity contribution in [1.82, 2.24) is 4.98 Å². The van der Waals surface area contributed by atoms with Gasteiger partial charge in [-0.15, -0.1) is 0 Å². The van der Waals surface area contributed by atoms with Crippen molar-refractivity contribution in [1.29, 1.82) is 0 Å². The van der Waals surface area contributed by atoms with Crippen LogP contribution in [0, 0.1) is 29.3 Å². The molecular formula is C24H15F6NO4. The van der Waals surface area contributed by atoms with Gasteiger partial charge in [0, 0.05) is 23.7 Å². The zero-order valence-electron chi connectivity index (χ0n) is 17.5. The minimum Gasteiger partial charge on any atom is -0.503 e. The molecule has 5 rings (SSSR count). The zero-order chi connectivity index (χ0) is 25.2. The molecule has 1 saturated carbocycles. The molecule has 5 nitrogen and oxygen atoms in total. The fraction of sp³-hybridized carbons (Fsp3) is 0.250. The molecule has 2 N–H and O–H groups in total. The third-order valence-corrected chi connectivity index (χ3v) is 6.46. The number of hydrogen-bond donors (Lipinski definition) is 2. The van der Waals surface area contributed by atoms with Crippen molar-refractivity contribution >= 4 is 5.97 Å². The molecule has 2 aliphatic carbocycles. The fourth-order valence-electron chi connectivity index (χ4n) is 4.76. The number of halogens is 6. The summed E-state index contributed by atoms with van der Waals surface area (Å²) in [5, 5.41) is 18.4. The first-order valence-electron chi connectivity index (χ1n) is 10.4. The third-order valence-electron chi connectivity index (χ3n) is 6.46. The Morgan fingerprint density at radius 3 is 2.37 bits per heavy atom. The summed E-state index contributed by atoms with van der Waals surface area (Å²) >= 11 is 0. The molecule has 2 aliphatic rings. The summed E-state index contributed by atoms with van der Waals surface area (Å²) in [4.78, 5) is 15.3. The molecule has 182 valence electrons. The molecule has 0 saturated heterocycles. The van der Waals surface area contributed by atoms with Crippen molar-refractivity contribution in [2.75, 3.05) is 0 Å². The zero-order valence-corrected chi connectivity index (χ0v) is 17.5. The number of carboxylic acids is 1. The van der Waals surface area contributed by atoms with Gasteiger partial charge in [-0.05, 0) is 58.9 Å². The Bertz CT molecular complexity index is 1350. The fourth-order valence-corrected chi connectivity index (χ4v) is 4.76. The number of phenols is 1. The number of fused-ring (bicyclic) bond motifs is 3. The first kappa shape index (κ1) is 23.0. The van der Waals surface area contributed by atoms with Gasteiger partial charge in [-0.1, -0.05) is 0 Å². The maximum atomic E-state index is 14.6. The Morgan fingerprint density at radius 2 is 1.74 bits per heavy atom. The molecule has 3 aromatic rings. The number of alkyl halides is 3. The molecule has 1 heterocycles. The number of ether oxygens (including phenoxy) is 1.